The number of hydrogen-bond acceptors (Lipinski definition) is 4. The van der Waals surface area contributed by atoms with Crippen LogP contribution in [0.3, 0.4) is 0 Å². The molecule has 4 heterocycles. The van der Waals surface area contributed by atoms with Gasteiger partial charge in [-0.25, -0.2) is 9.97 Å². The summed E-state index contributed by atoms with van der Waals surface area (Å²) in [5.74, 6) is 0. The Kier molecular flexibility index (Phi) is 5.32. The first-order valence-corrected chi connectivity index (χ1v) is 9.12. The number of nitrogens with zero attached hydrogens (tertiary/aromatic N) is 6. The van der Waals surface area contributed by atoms with Gasteiger partial charge in [-0.2, -0.15) is 10.2 Å². The topological polar surface area (TPSA) is 60.4 Å². The fourth-order valence-electron chi connectivity index (χ4n) is 2.74. The van der Waals surface area contributed by atoms with E-state index in [1.807, 2.05) is 70.1 Å². The molecule has 4 rings (SSSR count). The monoisotopic (exact) mass is 408 g/mol. The van der Waals surface area contributed by atoms with E-state index in [1.54, 1.807) is 24.8 Å². The molecule has 0 N–H and O–H groups in total. The maximum atomic E-state index is 6.18. The Morgan fingerprint density at radius 1 is 0.679 bits per heavy atom. The summed E-state index contributed by atoms with van der Waals surface area (Å²) in [6.45, 7) is 0. The molecule has 0 fully saturated rings. The first-order chi connectivity index (χ1) is 13.7. The van der Waals surface area contributed by atoms with E-state index in [2.05, 4.69) is 20.2 Å². The highest BCUT2D eigenvalue weighted by molar-refractivity contribution is 6.31. The molecule has 0 atom stereocenters. The second kappa shape index (κ2) is 8.21. The van der Waals surface area contributed by atoms with Crippen molar-refractivity contribution in [2.24, 2.45) is 10.2 Å². The molecule has 0 radical (unpaired) electrons. The van der Waals surface area contributed by atoms with Gasteiger partial charge in [-0.05, 0) is 48.5 Å². The molecule has 0 bridgehead atoms. The molecule has 0 saturated carbocycles. The van der Waals surface area contributed by atoms with E-state index >= 15 is 0 Å². The minimum atomic E-state index is 0.419. The molecule has 8 heteroatoms. The van der Waals surface area contributed by atoms with E-state index in [0.717, 1.165) is 22.8 Å². The predicted octanol–water partition coefficient (Wildman–Crippen LogP) is 4.82. The Bertz CT molecular complexity index is 1070. The predicted molar refractivity (Wildman–Crippen MR) is 112 cm³/mol. The zero-order valence-corrected chi connectivity index (χ0v) is 16.0. The summed E-state index contributed by atoms with van der Waals surface area (Å²) in [5, 5.41) is 9.16. The van der Waals surface area contributed by atoms with Crippen LogP contribution in [-0.2, 0) is 0 Å². The van der Waals surface area contributed by atoms with Gasteiger partial charge in [0.2, 0.25) is 0 Å². The van der Waals surface area contributed by atoms with Gasteiger partial charge in [0.15, 0.2) is 10.3 Å². The summed E-state index contributed by atoms with van der Waals surface area (Å²) in [6, 6.07) is 15.1. The maximum Gasteiger partial charge on any atom is 0.152 e. The summed E-state index contributed by atoms with van der Waals surface area (Å²) in [6.07, 6.45) is 10.4. The average molecular weight is 409 g/mol. The van der Waals surface area contributed by atoms with Crippen LogP contribution < -0.4 is 0 Å². The molecule has 0 aromatic carbocycles. The molecule has 28 heavy (non-hydrogen) atoms. The van der Waals surface area contributed by atoms with E-state index in [-0.39, 0.29) is 0 Å². The molecule has 0 spiro atoms. The smallest absolute Gasteiger partial charge is 0.152 e. The first-order valence-electron chi connectivity index (χ1n) is 8.37. The molecular weight excluding hydrogens is 395 g/mol. The Labute approximate surface area is 171 Å². The molecule has 138 valence electrons. The summed E-state index contributed by atoms with van der Waals surface area (Å²) < 4.78 is 3.79. The van der Waals surface area contributed by atoms with Crippen molar-refractivity contribution in [3.05, 3.63) is 95.0 Å². The van der Waals surface area contributed by atoms with Crippen LogP contribution in [0, 0.1) is 0 Å². The highest BCUT2D eigenvalue weighted by atomic mass is 35.5. The van der Waals surface area contributed by atoms with Gasteiger partial charge in [0.25, 0.3) is 0 Å². The molecule has 6 nitrogen and oxygen atoms in total. The lowest BCUT2D eigenvalue weighted by Gasteiger charge is -2.07. The van der Waals surface area contributed by atoms with Crippen molar-refractivity contribution >= 4 is 35.6 Å². The van der Waals surface area contributed by atoms with Crippen LogP contribution in [-0.4, -0.2) is 31.5 Å². The van der Waals surface area contributed by atoms with Crippen LogP contribution in [0.5, 0.6) is 0 Å². The number of aromatic nitrogens is 4. The van der Waals surface area contributed by atoms with Crippen molar-refractivity contribution in [2.45, 2.75) is 0 Å². The fraction of sp³-hybridized carbons (Fsp3) is 0. The van der Waals surface area contributed by atoms with Crippen molar-refractivity contribution in [1.29, 1.82) is 0 Å². The molecule has 0 saturated heterocycles. The highest BCUT2D eigenvalue weighted by Crippen LogP contribution is 2.20. The van der Waals surface area contributed by atoms with Crippen LogP contribution in [0.15, 0.2) is 83.5 Å². The number of rotatable bonds is 5. The van der Waals surface area contributed by atoms with Gasteiger partial charge < -0.3 is 9.13 Å². The molecule has 0 aliphatic carbocycles. The van der Waals surface area contributed by atoms with Crippen LogP contribution in [0.1, 0.15) is 11.4 Å². The van der Waals surface area contributed by atoms with Crippen molar-refractivity contribution in [3.63, 3.8) is 0 Å². The first kappa shape index (κ1) is 18.2. The van der Waals surface area contributed by atoms with Gasteiger partial charge in [0, 0.05) is 24.8 Å². The van der Waals surface area contributed by atoms with E-state index in [0.29, 0.717) is 10.3 Å². The highest BCUT2D eigenvalue weighted by Gasteiger charge is 2.07. The van der Waals surface area contributed by atoms with E-state index in [4.69, 9.17) is 23.2 Å². The minimum absolute atomic E-state index is 0.419. The average Bonchev–Trinajstić information content (AvgIpc) is 3.35. The molecular formula is C20H14Cl2N6. The van der Waals surface area contributed by atoms with Crippen LogP contribution in [0.25, 0.3) is 11.4 Å². The molecule has 0 unspecified atom stereocenters. The second-order valence-corrected chi connectivity index (χ2v) is 6.44. The Morgan fingerprint density at radius 3 is 1.57 bits per heavy atom. The summed E-state index contributed by atoms with van der Waals surface area (Å²) in [7, 11) is 0. The van der Waals surface area contributed by atoms with Crippen LogP contribution >= 0.6 is 23.2 Å². The number of pyridine rings is 2. The fourth-order valence-corrected chi connectivity index (χ4v) is 3.16. The van der Waals surface area contributed by atoms with Gasteiger partial charge in [0.05, 0.1) is 35.2 Å². The van der Waals surface area contributed by atoms with E-state index < -0.39 is 0 Å². The molecule has 0 amide bonds. The quantitative estimate of drug-likeness (QED) is 0.270. The van der Waals surface area contributed by atoms with Gasteiger partial charge in [-0.1, -0.05) is 23.2 Å². The van der Waals surface area contributed by atoms with Crippen LogP contribution in [0.2, 0.25) is 10.3 Å². The molecule has 0 aliphatic heterocycles. The SMILES string of the molecule is Clc1ncccc1-n1cccc1/C=N/N=C/c1cccn1-c1cccnc1Cl. The third-order valence-corrected chi connectivity index (χ3v) is 4.59. The van der Waals surface area contributed by atoms with Gasteiger partial charge >= 0.3 is 0 Å². The lowest BCUT2D eigenvalue weighted by molar-refractivity contribution is 1.04. The standard InChI is InChI=1S/C20H14Cl2N6/c21-19-17(7-1-9-23-19)27-11-3-5-15(27)13-25-26-14-16-6-4-12-28(16)18-8-2-10-24-20(18)22/h1-14H/b25-13+,26-14+. The van der Waals surface area contributed by atoms with Crippen molar-refractivity contribution in [2.75, 3.05) is 0 Å². The molecule has 4 aromatic heterocycles. The maximum absolute atomic E-state index is 6.18. The van der Waals surface area contributed by atoms with Gasteiger partial charge in [-0.3, -0.25) is 0 Å². The van der Waals surface area contributed by atoms with Gasteiger partial charge in [-0.15, -0.1) is 0 Å². The minimum Gasteiger partial charge on any atom is -0.313 e. The summed E-state index contributed by atoms with van der Waals surface area (Å²) >= 11 is 12.4. The Morgan fingerprint density at radius 2 is 1.14 bits per heavy atom. The molecule has 0 aliphatic rings. The summed E-state index contributed by atoms with van der Waals surface area (Å²) in [4.78, 5) is 8.21. The third-order valence-electron chi connectivity index (χ3n) is 4.01. The molecule has 4 aromatic rings. The van der Waals surface area contributed by atoms with Crippen molar-refractivity contribution < 1.29 is 0 Å². The summed E-state index contributed by atoms with van der Waals surface area (Å²) in [5.41, 5.74) is 3.22. The zero-order chi connectivity index (χ0) is 19.3. The van der Waals surface area contributed by atoms with Crippen molar-refractivity contribution in [3.8, 4) is 11.4 Å². The van der Waals surface area contributed by atoms with Crippen molar-refractivity contribution in [1.82, 2.24) is 19.1 Å². The lowest BCUT2D eigenvalue weighted by Crippen LogP contribution is -2.00. The largest absolute Gasteiger partial charge is 0.313 e. The lowest BCUT2D eigenvalue weighted by atomic mass is 10.4. The number of hydrogen-bond donors (Lipinski definition) is 0. The van der Waals surface area contributed by atoms with Gasteiger partial charge in [0.1, 0.15) is 0 Å². The number of halogens is 2. The second-order valence-electron chi connectivity index (χ2n) is 5.72. The van der Waals surface area contributed by atoms with E-state index in [9.17, 15) is 0 Å². The van der Waals surface area contributed by atoms with Crippen LogP contribution in [0.4, 0.5) is 0 Å². The van der Waals surface area contributed by atoms with E-state index in [1.165, 1.54) is 0 Å². The normalized spacial score (nSPS) is 11.6. The third kappa shape index (κ3) is 3.74. The Hall–Kier alpha value is -3.22. The zero-order valence-electron chi connectivity index (χ0n) is 14.5. The Balaban J connectivity index is 1.56.